The van der Waals surface area contributed by atoms with E-state index in [0.29, 0.717) is 11.1 Å². The monoisotopic (exact) mass is 261 g/mol. The Morgan fingerprint density at radius 3 is 2.44 bits per heavy atom. The van der Waals surface area contributed by atoms with Crippen molar-refractivity contribution < 1.29 is 8.42 Å². The molecule has 0 aromatic heterocycles. The molecular formula is C12H11N3O2S. The number of nitrogens with one attached hydrogen (secondary N) is 1. The molecule has 0 radical (unpaired) electrons. The number of rotatable bonds is 3. The van der Waals surface area contributed by atoms with Gasteiger partial charge in [0.15, 0.2) is 0 Å². The van der Waals surface area contributed by atoms with Gasteiger partial charge in [0.25, 0.3) is 0 Å². The zero-order chi connectivity index (χ0) is 13.3. The third-order valence-corrected chi connectivity index (χ3v) is 4.41. The number of nitrogens with zero attached hydrogens (tertiary/aromatic N) is 2. The Bertz CT molecular complexity index is 676. The molecule has 92 valence electrons. The molecule has 1 saturated carbocycles. The predicted octanol–water partition coefficient (Wildman–Crippen LogP) is 1.18. The molecule has 0 spiro atoms. The van der Waals surface area contributed by atoms with Crippen molar-refractivity contribution in [3.05, 3.63) is 28.8 Å². The van der Waals surface area contributed by atoms with Crippen molar-refractivity contribution >= 4 is 10.0 Å². The van der Waals surface area contributed by atoms with Gasteiger partial charge in [-0.2, -0.15) is 10.5 Å². The van der Waals surface area contributed by atoms with Crippen LogP contribution in [0.1, 0.15) is 29.5 Å². The van der Waals surface area contributed by atoms with Gasteiger partial charge in [-0.1, -0.05) is 0 Å². The molecule has 0 bridgehead atoms. The minimum atomic E-state index is -3.67. The van der Waals surface area contributed by atoms with Crippen LogP contribution in [0.4, 0.5) is 0 Å². The quantitative estimate of drug-likeness (QED) is 0.884. The third-order valence-electron chi connectivity index (χ3n) is 2.85. The fourth-order valence-electron chi connectivity index (χ4n) is 1.65. The summed E-state index contributed by atoms with van der Waals surface area (Å²) in [6.07, 6.45) is 1.66. The van der Waals surface area contributed by atoms with Crippen molar-refractivity contribution in [2.24, 2.45) is 0 Å². The number of sulfonamides is 1. The molecule has 1 aliphatic carbocycles. The highest BCUT2D eigenvalue weighted by Gasteiger charge is 2.30. The van der Waals surface area contributed by atoms with Crippen molar-refractivity contribution in [2.45, 2.75) is 30.7 Å². The van der Waals surface area contributed by atoms with Gasteiger partial charge in [-0.3, -0.25) is 0 Å². The number of hydrogen-bond donors (Lipinski definition) is 1. The van der Waals surface area contributed by atoms with E-state index >= 15 is 0 Å². The maximum Gasteiger partial charge on any atom is 0.242 e. The lowest BCUT2D eigenvalue weighted by Gasteiger charge is -2.09. The normalized spacial score (nSPS) is 14.8. The highest BCUT2D eigenvalue weighted by molar-refractivity contribution is 7.89. The van der Waals surface area contributed by atoms with Gasteiger partial charge in [0, 0.05) is 6.04 Å². The lowest BCUT2D eigenvalue weighted by atomic mass is 10.0. The SMILES string of the molecule is Cc1c(C#N)ccc(S(=O)(=O)NC2CC2)c1C#N. The van der Waals surface area contributed by atoms with E-state index in [1.807, 2.05) is 12.1 Å². The smallest absolute Gasteiger partial charge is 0.208 e. The fourth-order valence-corrected chi connectivity index (χ4v) is 3.17. The lowest BCUT2D eigenvalue weighted by molar-refractivity contribution is 0.580. The largest absolute Gasteiger partial charge is 0.242 e. The Morgan fingerprint density at radius 1 is 1.28 bits per heavy atom. The summed E-state index contributed by atoms with van der Waals surface area (Å²) in [4.78, 5) is -0.0478. The van der Waals surface area contributed by atoms with Crippen LogP contribution in [0, 0.1) is 29.6 Å². The summed E-state index contributed by atoms with van der Waals surface area (Å²) in [6, 6.07) is 6.53. The van der Waals surface area contributed by atoms with Crippen LogP contribution in [-0.4, -0.2) is 14.5 Å². The van der Waals surface area contributed by atoms with E-state index in [1.54, 1.807) is 6.92 Å². The molecule has 18 heavy (non-hydrogen) atoms. The first-order valence-corrected chi connectivity index (χ1v) is 6.94. The minimum Gasteiger partial charge on any atom is -0.208 e. The molecule has 0 heterocycles. The number of benzene rings is 1. The van der Waals surface area contributed by atoms with Gasteiger partial charge in [-0.05, 0) is 37.5 Å². The second kappa shape index (κ2) is 4.41. The highest BCUT2D eigenvalue weighted by atomic mass is 32.2. The van der Waals surface area contributed by atoms with Gasteiger partial charge in [-0.25, -0.2) is 13.1 Å². The molecule has 2 rings (SSSR count). The van der Waals surface area contributed by atoms with Crippen LogP contribution in [0.25, 0.3) is 0 Å². The molecule has 0 atom stereocenters. The van der Waals surface area contributed by atoms with Crippen LogP contribution in [0.15, 0.2) is 17.0 Å². The van der Waals surface area contributed by atoms with Crippen molar-refractivity contribution in [3.63, 3.8) is 0 Å². The number of nitriles is 2. The maximum atomic E-state index is 12.1. The van der Waals surface area contributed by atoms with E-state index < -0.39 is 10.0 Å². The van der Waals surface area contributed by atoms with Crippen molar-refractivity contribution in [3.8, 4) is 12.1 Å². The summed E-state index contributed by atoms with van der Waals surface area (Å²) < 4.78 is 26.7. The summed E-state index contributed by atoms with van der Waals surface area (Å²) >= 11 is 0. The summed E-state index contributed by atoms with van der Waals surface area (Å²) in [7, 11) is -3.67. The molecule has 0 aliphatic heterocycles. The molecular weight excluding hydrogens is 250 g/mol. The first-order valence-electron chi connectivity index (χ1n) is 5.45. The Kier molecular flexibility index (Phi) is 3.08. The lowest BCUT2D eigenvalue weighted by Crippen LogP contribution is -2.26. The highest BCUT2D eigenvalue weighted by Crippen LogP contribution is 2.25. The van der Waals surface area contributed by atoms with E-state index in [4.69, 9.17) is 10.5 Å². The van der Waals surface area contributed by atoms with Crippen LogP contribution >= 0.6 is 0 Å². The Balaban J connectivity index is 2.55. The van der Waals surface area contributed by atoms with Gasteiger partial charge in [-0.15, -0.1) is 0 Å². The second-order valence-electron chi connectivity index (χ2n) is 4.23. The van der Waals surface area contributed by atoms with Crippen LogP contribution in [0.5, 0.6) is 0 Å². The van der Waals surface area contributed by atoms with E-state index in [9.17, 15) is 8.42 Å². The number of hydrogen-bond acceptors (Lipinski definition) is 4. The van der Waals surface area contributed by atoms with Gasteiger partial charge in [0.2, 0.25) is 10.0 Å². The van der Waals surface area contributed by atoms with Gasteiger partial charge < -0.3 is 0 Å². The summed E-state index contributed by atoms with van der Waals surface area (Å²) in [6.45, 7) is 1.58. The van der Waals surface area contributed by atoms with Gasteiger partial charge in [0.1, 0.15) is 11.0 Å². The van der Waals surface area contributed by atoms with Crippen LogP contribution in [-0.2, 0) is 10.0 Å². The zero-order valence-electron chi connectivity index (χ0n) is 9.77. The van der Waals surface area contributed by atoms with E-state index in [0.717, 1.165) is 12.8 Å². The van der Waals surface area contributed by atoms with Crippen molar-refractivity contribution in [1.82, 2.24) is 4.72 Å². The third kappa shape index (κ3) is 2.21. The first-order chi connectivity index (χ1) is 8.49. The average molecular weight is 261 g/mol. The fraction of sp³-hybridized carbons (Fsp3) is 0.333. The Hall–Kier alpha value is -1.89. The topological polar surface area (TPSA) is 93.8 Å². The summed E-state index contributed by atoms with van der Waals surface area (Å²) in [5.74, 6) is 0. The molecule has 0 unspecified atom stereocenters. The Morgan fingerprint density at radius 2 is 1.94 bits per heavy atom. The molecule has 1 N–H and O–H groups in total. The molecule has 1 fully saturated rings. The van der Waals surface area contributed by atoms with E-state index in [1.165, 1.54) is 12.1 Å². The zero-order valence-corrected chi connectivity index (χ0v) is 10.6. The first kappa shape index (κ1) is 12.6. The minimum absolute atomic E-state index is 0.0162. The standard InChI is InChI=1S/C12H11N3O2S/c1-8-9(6-13)2-5-12(11(8)7-14)18(16,17)15-10-3-4-10/h2,5,10,15H,3-4H2,1H3. The predicted molar refractivity (Wildman–Crippen MR) is 64.0 cm³/mol. The molecule has 1 aromatic rings. The van der Waals surface area contributed by atoms with Crippen LogP contribution in [0.3, 0.4) is 0 Å². The van der Waals surface area contributed by atoms with Crippen LogP contribution < -0.4 is 4.72 Å². The summed E-state index contributed by atoms with van der Waals surface area (Å²) in [5.41, 5.74) is 0.762. The van der Waals surface area contributed by atoms with E-state index in [-0.39, 0.29) is 16.5 Å². The molecule has 1 aliphatic rings. The molecule has 1 aromatic carbocycles. The van der Waals surface area contributed by atoms with Crippen molar-refractivity contribution in [1.29, 1.82) is 10.5 Å². The van der Waals surface area contributed by atoms with Gasteiger partial charge in [0.05, 0.1) is 17.2 Å². The Labute approximate surface area is 106 Å². The summed E-state index contributed by atoms with van der Waals surface area (Å²) in [5, 5.41) is 17.9. The van der Waals surface area contributed by atoms with Gasteiger partial charge >= 0.3 is 0 Å². The van der Waals surface area contributed by atoms with E-state index in [2.05, 4.69) is 4.72 Å². The maximum absolute atomic E-state index is 12.1. The average Bonchev–Trinajstić information content (AvgIpc) is 3.11. The second-order valence-corrected chi connectivity index (χ2v) is 5.91. The van der Waals surface area contributed by atoms with Crippen LogP contribution in [0.2, 0.25) is 0 Å². The molecule has 5 nitrogen and oxygen atoms in total. The molecule has 0 amide bonds. The van der Waals surface area contributed by atoms with Crippen molar-refractivity contribution in [2.75, 3.05) is 0 Å². The molecule has 0 saturated heterocycles. The molecule has 6 heteroatoms.